The Bertz CT molecular complexity index is 1070. The highest BCUT2D eigenvalue weighted by Crippen LogP contribution is 2.31. The second-order valence-electron chi connectivity index (χ2n) is 7.06. The van der Waals surface area contributed by atoms with Gasteiger partial charge in [0.1, 0.15) is 0 Å². The van der Waals surface area contributed by atoms with Crippen molar-refractivity contribution < 1.29 is 4.79 Å². The van der Waals surface area contributed by atoms with Gasteiger partial charge in [0, 0.05) is 42.6 Å². The molecule has 1 amide bonds. The largest absolute Gasteiger partial charge is 0.331 e. The minimum Gasteiger partial charge on any atom is -0.331 e. The van der Waals surface area contributed by atoms with Gasteiger partial charge in [-0.1, -0.05) is 17.7 Å². The quantitative estimate of drug-likeness (QED) is 0.679. The molecule has 144 valence electrons. The molecule has 1 atom stereocenters. The van der Waals surface area contributed by atoms with Gasteiger partial charge in [-0.05, 0) is 43.5 Å². The number of halogens is 1. The minimum absolute atomic E-state index is 0.00139. The number of carbonyl (C=O) groups excluding carboxylic acids is 1. The van der Waals surface area contributed by atoms with Gasteiger partial charge in [-0.25, -0.2) is 0 Å². The van der Waals surface area contributed by atoms with E-state index in [1.54, 1.807) is 41.2 Å². The van der Waals surface area contributed by atoms with E-state index in [0.29, 0.717) is 22.8 Å². The summed E-state index contributed by atoms with van der Waals surface area (Å²) in [5.74, 6) is -0.0793. The predicted molar refractivity (Wildman–Crippen MR) is 108 cm³/mol. The van der Waals surface area contributed by atoms with Crippen molar-refractivity contribution in [3.05, 3.63) is 81.5 Å². The van der Waals surface area contributed by atoms with Crippen molar-refractivity contribution in [2.24, 2.45) is 7.05 Å². The molecule has 0 aliphatic carbocycles. The maximum atomic E-state index is 13.3. The minimum atomic E-state index is -0.207. The molecule has 1 aromatic carbocycles. The third-order valence-electron chi connectivity index (χ3n) is 5.12. The smallest absolute Gasteiger partial charge is 0.255 e. The molecule has 1 fully saturated rings. The number of likely N-dealkylation sites (tertiary alicyclic amines) is 1. The molecule has 0 N–H and O–H groups in total. The molecule has 0 bridgehead atoms. The standard InChI is InChI=1S/C21H21ClN4O2/c1-24-13-16(12-23-24)19-7-2-3-10-25(19)21(28)15-8-9-20(27)26(14-15)18-6-4-5-17(22)11-18/h4-6,8-9,11-14,19H,2-3,7,10H2,1H3. The Morgan fingerprint density at radius 1 is 1.18 bits per heavy atom. The molecule has 4 rings (SSSR count). The Hall–Kier alpha value is -2.86. The fourth-order valence-electron chi connectivity index (χ4n) is 3.74. The third-order valence-corrected chi connectivity index (χ3v) is 5.35. The molecule has 0 spiro atoms. The molecule has 1 aliphatic heterocycles. The summed E-state index contributed by atoms with van der Waals surface area (Å²) >= 11 is 6.06. The monoisotopic (exact) mass is 396 g/mol. The molecular formula is C21H21ClN4O2. The summed E-state index contributed by atoms with van der Waals surface area (Å²) < 4.78 is 3.22. The van der Waals surface area contributed by atoms with Crippen LogP contribution in [0.5, 0.6) is 0 Å². The van der Waals surface area contributed by atoms with Gasteiger partial charge in [-0.3, -0.25) is 18.8 Å². The van der Waals surface area contributed by atoms with Crippen molar-refractivity contribution in [3.63, 3.8) is 0 Å². The van der Waals surface area contributed by atoms with Gasteiger partial charge in [-0.2, -0.15) is 5.10 Å². The van der Waals surface area contributed by atoms with Crippen molar-refractivity contribution in [1.82, 2.24) is 19.2 Å². The number of benzene rings is 1. The van der Waals surface area contributed by atoms with Crippen molar-refractivity contribution in [2.75, 3.05) is 6.54 Å². The van der Waals surface area contributed by atoms with Crippen LogP contribution >= 0.6 is 11.6 Å². The Labute approximate surface area is 168 Å². The average molecular weight is 397 g/mol. The van der Waals surface area contributed by atoms with E-state index < -0.39 is 0 Å². The summed E-state index contributed by atoms with van der Waals surface area (Å²) in [7, 11) is 1.87. The van der Waals surface area contributed by atoms with Gasteiger partial charge in [0.2, 0.25) is 0 Å². The molecule has 0 radical (unpaired) electrons. The van der Waals surface area contributed by atoms with Crippen LogP contribution in [0.25, 0.3) is 5.69 Å². The summed E-state index contributed by atoms with van der Waals surface area (Å²) in [5, 5.41) is 4.79. The molecule has 3 aromatic rings. The maximum Gasteiger partial charge on any atom is 0.255 e. The number of aryl methyl sites for hydroxylation is 1. The number of hydrogen-bond acceptors (Lipinski definition) is 3. The van der Waals surface area contributed by atoms with Crippen LogP contribution in [0.4, 0.5) is 0 Å². The molecule has 1 unspecified atom stereocenters. The van der Waals surface area contributed by atoms with Gasteiger partial charge >= 0.3 is 0 Å². The van der Waals surface area contributed by atoms with Crippen LogP contribution < -0.4 is 5.56 Å². The van der Waals surface area contributed by atoms with Gasteiger partial charge in [-0.15, -0.1) is 0 Å². The van der Waals surface area contributed by atoms with Gasteiger partial charge < -0.3 is 4.90 Å². The summed E-state index contributed by atoms with van der Waals surface area (Å²) in [6.07, 6.45) is 8.34. The van der Waals surface area contributed by atoms with Crippen molar-refractivity contribution in [1.29, 1.82) is 0 Å². The zero-order valence-electron chi connectivity index (χ0n) is 15.6. The van der Waals surface area contributed by atoms with Crippen LogP contribution in [-0.2, 0) is 7.05 Å². The number of nitrogens with zero attached hydrogens (tertiary/aromatic N) is 4. The number of pyridine rings is 1. The second-order valence-corrected chi connectivity index (χ2v) is 7.50. The predicted octanol–water partition coefficient (Wildman–Crippen LogP) is 3.59. The van der Waals surface area contributed by atoms with E-state index in [1.165, 1.54) is 10.6 Å². The van der Waals surface area contributed by atoms with E-state index in [-0.39, 0.29) is 17.5 Å². The zero-order valence-corrected chi connectivity index (χ0v) is 16.3. The van der Waals surface area contributed by atoms with Gasteiger partial charge in [0.15, 0.2) is 0 Å². The first-order valence-electron chi connectivity index (χ1n) is 9.31. The van der Waals surface area contributed by atoms with E-state index in [9.17, 15) is 9.59 Å². The molecule has 1 aliphatic rings. The lowest BCUT2D eigenvalue weighted by atomic mass is 9.96. The SMILES string of the molecule is Cn1cc(C2CCCCN2C(=O)c2ccc(=O)n(-c3cccc(Cl)c3)c2)cn1. The number of piperidine rings is 1. The highest BCUT2D eigenvalue weighted by atomic mass is 35.5. The first-order chi connectivity index (χ1) is 13.5. The van der Waals surface area contributed by atoms with Crippen LogP contribution in [-0.4, -0.2) is 31.7 Å². The van der Waals surface area contributed by atoms with Crippen LogP contribution in [0.2, 0.25) is 5.02 Å². The highest BCUT2D eigenvalue weighted by Gasteiger charge is 2.29. The van der Waals surface area contributed by atoms with E-state index >= 15 is 0 Å². The molecule has 28 heavy (non-hydrogen) atoms. The van der Waals surface area contributed by atoms with Gasteiger partial charge in [0.25, 0.3) is 11.5 Å². The molecule has 3 heterocycles. The van der Waals surface area contributed by atoms with E-state index in [1.807, 2.05) is 24.3 Å². The number of hydrogen-bond donors (Lipinski definition) is 0. The molecule has 0 saturated carbocycles. The molecule has 1 saturated heterocycles. The number of aromatic nitrogens is 3. The lowest BCUT2D eigenvalue weighted by molar-refractivity contribution is 0.0610. The van der Waals surface area contributed by atoms with Crippen molar-refractivity contribution in [3.8, 4) is 5.69 Å². The normalized spacial score (nSPS) is 16.9. The molecular weight excluding hydrogens is 376 g/mol. The summed E-state index contributed by atoms with van der Waals surface area (Å²) in [6.45, 7) is 0.689. The fourth-order valence-corrected chi connectivity index (χ4v) is 3.93. The number of amides is 1. The molecule has 6 nitrogen and oxygen atoms in total. The van der Waals surface area contributed by atoms with E-state index in [2.05, 4.69) is 5.10 Å². The van der Waals surface area contributed by atoms with Crippen LogP contribution in [0.15, 0.2) is 59.8 Å². The molecule has 2 aromatic heterocycles. The van der Waals surface area contributed by atoms with Gasteiger partial charge in [0.05, 0.1) is 23.5 Å². The second kappa shape index (κ2) is 7.64. The first-order valence-corrected chi connectivity index (χ1v) is 9.69. The number of rotatable bonds is 3. The highest BCUT2D eigenvalue weighted by molar-refractivity contribution is 6.30. The van der Waals surface area contributed by atoms with Crippen LogP contribution in [0, 0.1) is 0 Å². The summed E-state index contributed by atoms with van der Waals surface area (Å²) in [4.78, 5) is 27.6. The Morgan fingerprint density at radius 2 is 2.04 bits per heavy atom. The van der Waals surface area contributed by atoms with Crippen molar-refractivity contribution in [2.45, 2.75) is 25.3 Å². The van der Waals surface area contributed by atoms with E-state index in [4.69, 9.17) is 11.6 Å². The number of carbonyl (C=O) groups is 1. The Kier molecular flexibility index (Phi) is 5.05. The summed E-state index contributed by atoms with van der Waals surface area (Å²) in [5.41, 5.74) is 1.95. The fraction of sp³-hybridized carbons (Fsp3) is 0.286. The summed E-state index contributed by atoms with van der Waals surface area (Å²) in [6, 6.07) is 10.1. The molecule has 7 heteroatoms. The average Bonchev–Trinajstić information content (AvgIpc) is 3.14. The first kappa shape index (κ1) is 18.5. The topological polar surface area (TPSA) is 60.1 Å². The van der Waals surface area contributed by atoms with Crippen LogP contribution in [0.3, 0.4) is 0 Å². The Balaban J connectivity index is 1.69. The van der Waals surface area contributed by atoms with Crippen molar-refractivity contribution >= 4 is 17.5 Å². The zero-order chi connectivity index (χ0) is 19.7. The lowest BCUT2D eigenvalue weighted by Gasteiger charge is -2.35. The van der Waals surface area contributed by atoms with Crippen LogP contribution in [0.1, 0.15) is 41.2 Å². The Morgan fingerprint density at radius 3 is 2.79 bits per heavy atom. The maximum absolute atomic E-state index is 13.3. The van der Waals surface area contributed by atoms with E-state index in [0.717, 1.165) is 24.8 Å². The third kappa shape index (κ3) is 3.60. The lowest BCUT2D eigenvalue weighted by Crippen LogP contribution is -2.38.